The number of hydrogen-bond donors (Lipinski definition) is 0. The highest BCUT2D eigenvalue weighted by Crippen LogP contribution is 2.07. The largest absolute Gasteiger partial charge is 0.357 e. The van der Waals surface area contributed by atoms with Gasteiger partial charge in [0.2, 0.25) is 0 Å². The molecule has 0 aliphatic rings. The average Bonchev–Trinajstić information content (AvgIpc) is 2.67. The van der Waals surface area contributed by atoms with Crippen molar-refractivity contribution in [2.45, 2.75) is 0 Å². The van der Waals surface area contributed by atoms with Crippen molar-refractivity contribution in [1.82, 2.24) is 19.8 Å². The highest BCUT2D eigenvalue weighted by atomic mass is 32.2. The molecule has 0 bridgehead atoms. The van der Waals surface area contributed by atoms with Crippen LogP contribution in [0.4, 0.5) is 0 Å². The topological polar surface area (TPSA) is 83.5 Å². The molecular formula is C18H20N4O3S3. The SMILES string of the molecule is CN(CS(=O)(=O)CC(=O)CN(C)C(=S)c1cnccn1)C(=S)c1ccccc1. The van der Waals surface area contributed by atoms with E-state index in [9.17, 15) is 13.2 Å². The molecule has 7 nitrogen and oxygen atoms in total. The molecular weight excluding hydrogens is 416 g/mol. The number of ketones is 1. The zero-order valence-electron chi connectivity index (χ0n) is 15.5. The van der Waals surface area contributed by atoms with E-state index in [1.165, 1.54) is 28.4 Å². The summed E-state index contributed by atoms with van der Waals surface area (Å²) in [5.74, 6) is -1.40. The van der Waals surface area contributed by atoms with Crippen LogP contribution in [-0.2, 0) is 14.6 Å². The lowest BCUT2D eigenvalue weighted by Gasteiger charge is -2.21. The molecule has 2 rings (SSSR count). The Labute approximate surface area is 175 Å². The summed E-state index contributed by atoms with van der Waals surface area (Å²) >= 11 is 10.6. The summed E-state index contributed by atoms with van der Waals surface area (Å²) in [6.07, 6.45) is 4.49. The van der Waals surface area contributed by atoms with Crippen molar-refractivity contribution in [2.24, 2.45) is 0 Å². The predicted molar refractivity (Wildman–Crippen MR) is 116 cm³/mol. The molecule has 0 atom stereocenters. The van der Waals surface area contributed by atoms with Gasteiger partial charge in [-0.2, -0.15) is 0 Å². The zero-order chi connectivity index (χ0) is 20.7. The number of nitrogens with zero attached hydrogens (tertiary/aromatic N) is 4. The molecule has 10 heteroatoms. The summed E-state index contributed by atoms with van der Waals surface area (Å²) in [5, 5.41) is 0. The summed E-state index contributed by atoms with van der Waals surface area (Å²) in [5.41, 5.74) is 1.19. The van der Waals surface area contributed by atoms with Crippen LogP contribution in [0, 0.1) is 0 Å². The van der Waals surface area contributed by atoms with Crippen molar-refractivity contribution >= 4 is 50.0 Å². The second kappa shape index (κ2) is 9.76. The van der Waals surface area contributed by atoms with E-state index in [4.69, 9.17) is 24.4 Å². The van der Waals surface area contributed by atoms with Crippen LogP contribution in [0.15, 0.2) is 48.9 Å². The van der Waals surface area contributed by atoms with Gasteiger partial charge in [0.25, 0.3) is 0 Å². The van der Waals surface area contributed by atoms with Gasteiger partial charge in [-0.05, 0) is 0 Å². The molecule has 0 saturated heterocycles. The number of Topliss-reactive ketones (excluding diaryl/α,β-unsaturated/α-hetero) is 1. The molecule has 0 unspecified atom stereocenters. The third-order valence-electron chi connectivity index (χ3n) is 3.68. The van der Waals surface area contributed by atoms with Crippen LogP contribution < -0.4 is 0 Å². The third-order valence-corrected chi connectivity index (χ3v) is 6.29. The van der Waals surface area contributed by atoms with Gasteiger partial charge in [-0.15, -0.1) is 0 Å². The standard InChI is InChI=1S/C18H20N4O3S3/c1-21(18(27)16-10-19-8-9-20-16)11-15(23)12-28(24,25)13-22(2)17(26)14-6-4-3-5-7-14/h3-10H,11-13H2,1-2H3. The minimum Gasteiger partial charge on any atom is -0.357 e. The summed E-state index contributed by atoms with van der Waals surface area (Å²) in [4.78, 5) is 23.9. The first-order chi connectivity index (χ1) is 13.2. The Morgan fingerprint density at radius 3 is 2.32 bits per heavy atom. The van der Waals surface area contributed by atoms with E-state index in [1.54, 1.807) is 26.2 Å². The Morgan fingerprint density at radius 2 is 1.71 bits per heavy atom. The minimum absolute atomic E-state index is 0.137. The highest BCUT2D eigenvalue weighted by molar-refractivity contribution is 7.92. The number of carbonyl (C=O) groups excluding carboxylic acids is 1. The molecule has 28 heavy (non-hydrogen) atoms. The number of carbonyl (C=O) groups is 1. The maximum absolute atomic E-state index is 12.4. The Morgan fingerprint density at radius 1 is 1.04 bits per heavy atom. The van der Waals surface area contributed by atoms with Crippen LogP contribution in [0.2, 0.25) is 0 Å². The zero-order valence-corrected chi connectivity index (χ0v) is 17.9. The first kappa shape index (κ1) is 22.0. The Balaban J connectivity index is 1.93. The number of rotatable bonds is 8. The van der Waals surface area contributed by atoms with E-state index in [2.05, 4.69) is 9.97 Å². The molecule has 148 valence electrons. The second-order valence-electron chi connectivity index (χ2n) is 6.18. The molecule has 2 aromatic rings. The molecule has 0 aliphatic heterocycles. The van der Waals surface area contributed by atoms with Crippen molar-refractivity contribution in [1.29, 1.82) is 0 Å². The fourth-order valence-electron chi connectivity index (χ4n) is 2.43. The monoisotopic (exact) mass is 436 g/mol. The van der Waals surface area contributed by atoms with Gasteiger partial charge >= 0.3 is 0 Å². The molecule has 0 radical (unpaired) electrons. The van der Waals surface area contributed by atoms with E-state index in [0.29, 0.717) is 15.7 Å². The summed E-state index contributed by atoms with van der Waals surface area (Å²) in [6, 6.07) is 9.11. The number of thiocarbonyl (C=S) groups is 2. The van der Waals surface area contributed by atoms with E-state index < -0.39 is 21.4 Å². The maximum atomic E-state index is 12.4. The minimum atomic E-state index is -3.68. The van der Waals surface area contributed by atoms with Gasteiger partial charge in [0.05, 0.1) is 12.7 Å². The number of hydrogen-bond acceptors (Lipinski definition) is 7. The van der Waals surface area contributed by atoms with Crippen LogP contribution in [0.25, 0.3) is 0 Å². The molecule has 1 heterocycles. The van der Waals surface area contributed by atoms with Crippen molar-refractivity contribution in [3.8, 4) is 0 Å². The van der Waals surface area contributed by atoms with Crippen molar-refractivity contribution in [2.75, 3.05) is 32.3 Å². The van der Waals surface area contributed by atoms with Crippen molar-refractivity contribution < 1.29 is 13.2 Å². The van der Waals surface area contributed by atoms with Gasteiger partial charge in [-0.3, -0.25) is 14.8 Å². The van der Waals surface area contributed by atoms with Gasteiger partial charge in [0, 0.05) is 32.1 Å². The number of likely N-dealkylation sites (N-methyl/N-ethyl adjacent to an activating group) is 1. The predicted octanol–water partition coefficient (Wildman–Crippen LogP) is 1.33. The van der Waals surface area contributed by atoms with Gasteiger partial charge in [0.1, 0.15) is 27.3 Å². The Bertz CT molecular complexity index is 951. The molecule has 0 N–H and O–H groups in total. The van der Waals surface area contributed by atoms with Crippen molar-refractivity contribution in [3.05, 3.63) is 60.2 Å². The Kier molecular flexibility index (Phi) is 7.67. The van der Waals surface area contributed by atoms with Gasteiger partial charge in [-0.1, -0.05) is 54.8 Å². The lowest BCUT2D eigenvalue weighted by Crippen LogP contribution is -2.38. The number of benzene rings is 1. The second-order valence-corrected chi connectivity index (χ2v) is 8.98. The lowest BCUT2D eigenvalue weighted by atomic mass is 10.2. The van der Waals surface area contributed by atoms with Gasteiger partial charge < -0.3 is 9.80 Å². The van der Waals surface area contributed by atoms with Crippen LogP contribution >= 0.6 is 24.4 Å². The van der Waals surface area contributed by atoms with E-state index >= 15 is 0 Å². The van der Waals surface area contributed by atoms with Crippen LogP contribution in [0.1, 0.15) is 11.3 Å². The fourth-order valence-corrected chi connectivity index (χ4v) is 4.28. The third kappa shape index (κ3) is 6.39. The maximum Gasteiger partial charge on any atom is 0.175 e. The molecule has 0 aliphatic carbocycles. The quantitative estimate of drug-likeness (QED) is 0.569. The fraction of sp³-hybridized carbons (Fsp3) is 0.278. The molecule has 1 aromatic carbocycles. The molecule has 0 saturated carbocycles. The number of aromatic nitrogens is 2. The molecule has 1 aromatic heterocycles. The summed E-state index contributed by atoms with van der Waals surface area (Å²) in [7, 11) is -0.479. The van der Waals surface area contributed by atoms with Gasteiger partial charge in [-0.25, -0.2) is 8.42 Å². The first-order valence-corrected chi connectivity index (χ1v) is 10.9. The van der Waals surface area contributed by atoms with Crippen LogP contribution in [-0.4, -0.2) is 76.2 Å². The van der Waals surface area contributed by atoms with Crippen LogP contribution in [0.5, 0.6) is 0 Å². The molecule has 0 fully saturated rings. The average molecular weight is 437 g/mol. The van der Waals surface area contributed by atoms with E-state index in [1.807, 2.05) is 18.2 Å². The summed E-state index contributed by atoms with van der Waals surface area (Å²) in [6.45, 7) is -0.137. The molecule has 0 amide bonds. The highest BCUT2D eigenvalue weighted by Gasteiger charge is 2.22. The van der Waals surface area contributed by atoms with Gasteiger partial charge in [0.15, 0.2) is 15.6 Å². The van der Waals surface area contributed by atoms with Crippen molar-refractivity contribution in [3.63, 3.8) is 0 Å². The molecule has 0 spiro atoms. The lowest BCUT2D eigenvalue weighted by molar-refractivity contribution is -0.116. The number of sulfone groups is 1. The summed E-state index contributed by atoms with van der Waals surface area (Å²) < 4.78 is 24.8. The Hall–Kier alpha value is -2.30. The smallest absolute Gasteiger partial charge is 0.175 e. The normalized spacial score (nSPS) is 10.9. The first-order valence-electron chi connectivity index (χ1n) is 8.24. The van der Waals surface area contributed by atoms with Crippen LogP contribution in [0.3, 0.4) is 0 Å². The van der Waals surface area contributed by atoms with E-state index in [-0.39, 0.29) is 12.4 Å². The van der Waals surface area contributed by atoms with E-state index in [0.717, 1.165) is 5.56 Å².